The van der Waals surface area contributed by atoms with Gasteiger partial charge in [0.1, 0.15) is 0 Å². The quantitative estimate of drug-likeness (QED) is 0.168. The second-order valence-corrected chi connectivity index (χ2v) is 14.9. The molecule has 0 unspecified atom stereocenters. The first-order valence-corrected chi connectivity index (χ1v) is 19.6. The summed E-state index contributed by atoms with van der Waals surface area (Å²) in [5, 5.41) is 7.43. The molecule has 0 bridgehead atoms. The Morgan fingerprint density at radius 3 is 1.28 bits per heavy atom. The van der Waals surface area contributed by atoms with Crippen LogP contribution in [0.1, 0.15) is 0 Å². The Bertz CT molecular complexity index is 3460. The Kier molecular flexibility index (Phi) is 6.93. The highest BCUT2D eigenvalue weighted by atomic mass is 15.0. The van der Waals surface area contributed by atoms with Crippen molar-refractivity contribution in [1.29, 1.82) is 0 Å². The lowest BCUT2D eigenvalue weighted by Gasteiger charge is -2.21. The Hall–Kier alpha value is -7.62. The topological polar surface area (TPSA) is 14.8 Å². The Morgan fingerprint density at radius 2 is 0.667 bits per heavy atom. The van der Waals surface area contributed by atoms with E-state index in [1.807, 2.05) is 0 Å². The number of fused-ring (bicyclic) bond motifs is 9. The maximum Gasteiger partial charge on any atom is 0.0619 e. The summed E-state index contributed by atoms with van der Waals surface area (Å²) < 4.78 is 7.41. The van der Waals surface area contributed by atoms with Gasteiger partial charge in [0.25, 0.3) is 0 Å². The van der Waals surface area contributed by atoms with Crippen molar-refractivity contribution in [2.45, 2.75) is 0 Å². The molecule has 3 heterocycles. The molecule has 9 aromatic carbocycles. The molecule has 0 spiro atoms. The summed E-state index contributed by atoms with van der Waals surface area (Å²) in [5.74, 6) is 0. The van der Waals surface area contributed by atoms with Crippen LogP contribution in [0.25, 0.3) is 105 Å². The minimum atomic E-state index is 1.14. The third-order valence-electron chi connectivity index (χ3n) is 11.8. The van der Waals surface area contributed by atoms with Crippen molar-refractivity contribution in [3.05, 3.63) is 212 Å². The minimum absolute atomic E-state index is 1.14. The smallest absolute Gasteiger partial charge is 0.0619 e. The van der Waals surface area contributed by atoms with E-state index in [0.717, 1.165) is 11.4 Å². The summed E-state index contributed by atoms with van der Waals surface area (Å²) in [6.07, 6.45) is 0. The monoisotopic (exact) mass is 725 g/mol. The molecule has 0 radical (unpaired) electrons. The molecule has 266 valence electrons. The van der Waals surface area contributed by atoms with Crippen LogP contribution in [-0.4, -0.2) is 13.7 Å². The maximum absolute atomic E-state index is 2.50. The Morgan fingerprint density at radius 1 is 0.246 bits per heavy atom. The maximum atomic E-state index is 2.50. The van der Waals surface area contributed by atoms with Gasteiger partial charge in [0.2, 0.25) is 0 Å². The van der Waals surface area contributed by atoms with E-state index in [4.69, 9.17) is 0 Å². The van der Waals surface area contributed by atoms with Gasteiger partial charge in [-0.2, -0.15) is 0 Å². The van der Waals surface area contributed by atoms with Crippen molar-refractivity contribution in [1.82, 2.24) is 13.7 Å². The standard InChI is InChI=1S/C54H35N3/c1-3-18-36(19-4-1)38-27-17-28-44(54(38)57-50-32-15-7-22-39(50)40-23-8-16-33-51(40)57)41-24-9-13-30-48(41)56-49-31-14-11-26-43(49)46-34-52-45(35-53(46)56)42-25-10-12-29-47(42)55(52)37-20-5-2-6-21-37/h1-35H. The van der Waals surface area contributed by atoms with Crippen LogP contribution >= 0.6 is 0 Å². The molecule has 0 amide bonds. The molecule has 0 aliphatic heterocycles. The first-order valence-electron chi connectivity index (χ1n) is 19.6. The van der Waals surface area contributed by atoms with Crippen molar-refractivity contribution < 1.29 is 0 Å². The third-order valence-corrected chi connectivity index (χ3v) is 11.8. The zero-order valence-corrected chi connectivity index (χ0v) is 31.0. The number of para-hydroxylation sites is 7. The number of rotatable bonds is 5. The predicted molar refractivity (Wildman–Crippen MR) is 240 cm³/mol. The van der Waals surface area contributed by atoms with Gasteiger partial charge in [-0.05, 0) is 60.2 Å². The van der Waals surface area contributed by atoms with Crippen LogP contribution < -0.4 is 0 Å². The van der Waals surface area contributed by atoms with Gasteiger partial charge in [-0.15, -0.1) is 0 Å². The van der Waals surface area contributed by atoms with Gasteiger partial charge in [-0.1, -0.05) is 158 Å². The summed E-state index contributed by atoms with van der Waals surface area (Å²) in [6.45, 7) is 0. The van der Waals surface area contributed by atoms with Crippen molar-refractivity contribution in [2.75, 3.05) is 0 Å². The first kappa shape index (κ1) is 31.7. The lowest BCUT2D eigenvalue weighted by atomic mass is 9.94. The van der Waals surface area contributed by atoms with E-state index in [-0.39, 0.29) is 0 Å². The van der Waals surface area contributed by atoms with Crippen molar-refractivity contribution in [3.63, 3.8) is 0 Å². The van der Waals surface area contributed by atoms with Gasteiger partial charge in [0.05, 0.1) is 44.5 Å². The first-order chi connectivity index (χ1) is 28.3. The highest BCUT2D eigenvalue weighted by molar-refractivity contribution is 6.19. The fraction of sp³-hybridized carbons (Fsp3) is 0. The largest absolute Gasteiger partial charge is 0.309 e. The van der Waals surface area contributed by atoms with E-state index in [2.05, 4.69) is 226 Å². The lowest BCUT2D eigenvalue weighted by molar-refractivity contribution is 1.16. The van der Waals surface area contributed by atoms with E-state index < -0.39 is 0 Å². The van der Waals surface area contributed by atoms with Gasteiger partial charge < -0.3 is 13.7 Å². The molecule has 0 saturated carbocycles. The molecule has 3 aromatic heterocycles. The molecule has 0 atom stereocenters. The van der Waals surface area contributed by atoms with Crippen LogP contribution in [0.3, 0.4) is 0 Å². The van der Waals surface area contributed by atoms with Crippen LogP contribution in [0.2, 0.25) is 0 Å². The molecular weight excluding hydrogens is 691 g/mol. The van der Waals surface area contributed by atoms with E-state index >= 15 is 0 Å². The molecule has 0 aliphatic carbocycles. The third kappa shape index (κ3) is 4.66. The molecule has 12 rings (SSSR count). The second kappa shape index (κ2) is 12.5. The fourth-order valence-corrected chi connectivity index (χ4v) is 9.46. The zero-order chi connectivity index (χ0) is 37.5. The number of hydrogen-bond donors (Lipinski definition) is 0. The zero-order valence-electron chi connectivity index (χ0n) is 31.0. The van der Waals surface area contributed by atoms with Crippen LogP contribution in [0.15, 0.2) is 212 Å². The Balaban J connectivity index is 1.20. The lowest BCUT2D eigenvalue weighted by Crippen LogP contribution is -2.03. The summed E-state index contributed by atoms with van der Waals surface area (Å²) in [6, 6.07) is 77.5. The second-order valence-electron chi connectivity index (χ2n) is 14.9. The number of nitrogens with zero attached hydrogens (tertiary/aromatic N) is 3. The van der Waals surface area contributed by atoms with E-state index in [9.17, 15) is 0 Å². The Labute approximate surface area is 329 Å². The number of aromatic nitrogens is 3. The van der Waals surface area contributed by atoms with E-state index in [0.29, 0.717) is 0 Å². The fourth-order valence-electron chi connectivity index (χ4n) is 9.46. The summed E-state index contributed by atoms with van der Waals surface area (Å²) in [5.41, 5.74) is 15.3. The highest BCUT2D eigenvalue weighted by Crippen LogP contribution is 2.45. The van der Waals surface area contributed by atoms with E-state index in [1.54, 1.807) is 0 Å². The average Bonchev–Trinajstić information content (AvgIpc) is 3.91. The van der Waals surface area contributed by atoms with Gasteiger partial charge >= 0.3 is 0 Å². The SMILES string of the molecule is c1ccc(-c2cccc(-c3ccccc3-n3c4ccccc4c4cc5c(cc43)c3ccccc3n5-c3ccccc3)c2-n2c3ccccc3c3ccccc32)cc1. The number of benzene rings is 9. The minimum Gasteiger partial charge on any atom is -0.309 e. The highest BCUT2D eigenvalue weighted by Gasteiger charge is 2.23. The molecule has 3 heteroatoms. The molecule has 12 aromatic rings. The predicted octanol–water partition coefficient (Wildman–Crippen LogP) is 14.3. The van der Waals surface area contributed by atoms with Crippen LogP contribution in [0.4, 0.5) is 0 Å². The van der Waals surface area contributed by atoms with Crippen molar-refractivity contribution in [3.8, 4) is 39.3 Å². The molecular formula is C54H35N3. The molecule has 0 N–H and O–H groups in total. The van der Waals surface area contributed by atoms with E-state index in [1.165, 1.54) is 93.4 Å². The average molecular weight is 726 g/mol. The molecule has 0 fully saturated rings. The van der Waals surface area contributed by atoms with Crippen molar-refractivity contribution in [2.24, 2.45) is 0 Å². The molecule has 0 aliphatic rings. The molecule has 0 saturated heterocycles. The summed E-state index contributed by atoms with van der Waals surface area (Å²) in [4.78, 5) is 0. The van der Waals surface area contributed by atoms with Gasteiger partial charge in [-0.3, -0.25) is 0 Å². The van der Waals surface area contributed by atoms with Gasteiger partial charge in [0.15, 0.2) is 0 Å². The van der Waals surface area contributed by atoms with Crippen LogP contribution in [-0.2, 0) is 0 Å². The summed E-state index contributed by atoms with van der Waals surface area (Å²) >= 11 is 0. The molecule has 3 nitrogen and oxygen atoms in total. The summed E-state index contributed by atoms with van der Waals surface area (Å²) in [7, 11) is 0. The van der Waals surface area contributed by atoms with Gasteiger partial charge in [0, 0.05) is 54.7 Å². The van der Waals surface area contributed by atoms with Gasteiger partial charge in [-0.25, -0.2) is 0 Å². The van der Waals surface area contributed by atoms with Crippen LogP contribution in [0.5, 0.6) is 0 Å². The molecule has 57 heavy (non-hydrogen) atoms. The normalized spacial score (nSPS) is 11.9. The van der Waals surface area contributed by atoms with Crippen molar-refractivity contribution >= 4 is 65.4 Å². The number of hydrogen-bond acceptors (Lipinski definition) is 0. The van der Waals surface area contributed by atoms with Crippen LogP contribution in [0, 0.1) is 0 Å².